The van der Waals surface area contributed by atoms with Gasteiger partial charge < -0.3 is 10.3 Å². The van der Waals surface area contributed by atoms with E-state index in [1.807, 2.05) is 15.5 Å². The number of ketones is 1. The van der Waals surface area contributed by atoms with E-state index in [1.165, 1.54) is 14.1 Å². The molecule has 2 N–H and O–H groups in total. The first-order valence-corrected chi connectivity index (χ1v) is 9.28. The van der Waals surface area contributed by atoms with Crippen molar-refractivity contribution in [2.75, 3.05) is 25.4 Å². The van der Waals surface area contributed by atoms with Gasteiger partial charge in [0.05, 0.1) is 6.54 Å². The first-order valence-electron chi connectivity index (χ1n) is 9.28. The molecule has 2 bridgehead atoms. The van der Waals surface area contributed by atoms with Crippen LogP contribution in [0.5, 0.6) is 0 Å². The van der Waals surface area contributed by atoms with Crippen molar-refractivity contribution in [2.45, 2.75) is 18.9 Å². The standard InChI is InChI=1S/C19H23N5O4/c1-21-17(20)16(18(27)22(2)19(21)28)14(25)10-23-7-11-6-12(9-23)13-4-3-5-15(26)24(13)8-11/h3-5,11-12H,6-10,20H2,1-2H3/t11-,12+/m0/s1. The molecule has 0 aliphatic carbocycles. The van der Waals surface area contributed by atoms with Gasteiger partial charge in [0.15, 0.2) is 5.78 Å². The number of pyridine rings is 1. The maximum atomic E-state index is 12.9. The number of carbonyl (C=O) groups excluding carboxylic acids is 1. The first-order chi connectivity index (χ1) is 13.3. The largest absolute Gasteiger partial charge is 0.384 e. The molecule has 0 aromatic carbocycles. The second-order valence-electron chi connectivity index (χ2n) is 7.78. The van der Waals surface area contributed by atoms with E-state index in [1.54, 1.807) is 12.1 Å². The Balaban J connectivity index is 1.61. The summed E-state index contributed by atoms with van der Waals surface area (Å²) in [6.45, 7) is 2.01. The molecule has 2 aromatic heterocycles. The lowest BCUT2D eigenvalue weighted by Crippen LogP contribution is -2.49. The third-order valence-corrected chi connectivity index (χ3v) is 5.91. The monoisotopic (exact) mass is 385 g/mol. The van der Waals surface area contributed by atoms with Crippen molar-refractivity contribution >= 4 is 11.6 Å². The Morgan fingerprint density at radius 3 is 2.61 bits per heavy atom. The average Bonchev–Trinajstić information content (AvgIpc) is 2.66. The minimum Gasteiger partial charge on any atom is -0.384 e. The third kappa shape index (κ3) is 2.82. The predicted molar refractivity (Wildman–Crippen MR) is 104 cm³/mol. The number of piperidine rings is 1. The SMILES string of the molecule is Cn1c(N)c(C(=O)CN2C[C@@H]3C[C@H](C2)c2cccc(=O)n2C3)c(=O)n(C)c1=O. The van der Waals surface area contributed by atoms with Gasteiger partial charge in [0, 0.05) is 51.4 Å². The molecule has 1 saturated heterocycles. The summed E-state index contributed by atoms with van der Waals surface area (Å²) in [5, 5.41) is 0. The van der Waals surface area contributed by atoms with E-state index < -0.39 is 11.2 Å². The Kier molecular flexibility index (Phi) is 4.34. The van der Waals surface area contributed by atoms with Crippen LogP contribution in [0.4, 0.5) is 5.82 Å². The fraction of sp³-hybridized carbons (Fsp3) is 0.474. The molecule has 0 amide bonds. The highest BCUT2D eigenvalue weighted by Gasteiger charge is 2.35. The molecule has 2 aliphatic rings. The van der Waals surface area contributed by atoms with Crippen LogP contribution in [0.2, 0.25) is 0 Å². The quantitative estimate of drug-likeness (QED) is 0.688. The molecule has 0 radical (unpaired) electrons. The first kappa shape index (κ1) is 18.4. The van der Waals surface area contributed by atoms with Crippen molar-refractivity contribution in [3.05, 3.63) is 60.6 Å². The number of hydrogen-bond donors (Lipinski definition) is 1. The molecule has 0 unspecified atom stereocenters. The van der Waals surface area contributed by atoms with Crippen LogP contribution in [0.1, 0.15) is 28.4 Å². The number of nitrogens with two attached hydrogens (primary N) is 1. The van der Waals surface area contributed by atoms with Crippen molar-refractivity contribution in [1.82, 2.24) is 18.6 Å². The number of hydrogen-bond acceptors (Lipinski definition) is 6. The average molecular weight is 385 g/mol. The number of likely N-dealkylation sites (tertiary alicyclic amines) is 1. The van der Waals surface area contributed by atoms with Crippen LogP contribution < -0.4 is 22.5 Å². The summed E-state index contributed by atoms with van der Waals surface area (Å²) in [5.41, 5.74) is 5.54. The fourth-order valence-electron chi connectivity index (χ4n) is 4.53. The van der Waals surface area contributed by atoms with Crippen molar-refractivity contribution in [1.29, 1.82) is 0 Å². The van der Waals surface area contributed by atoms with Crippen molar-refractivity contribution < 1.29 is 4.79 Å². The molecule has 2 aromatic rings. The minimum absolute atomic E-state index is 0.0122. The number of anilines is 1. The molecule has 9 nitrogen and oxygen atoms in total. The summed E-state index contributed by atoms with van der Waals surface area (Å²) in [7, 11) is 2.77. The topological polar surface area (TPSA) is 112 Å². The van der Waals surface area contributed by atoms with Gasteiger partial charge in [-0.15, -0.1) is 0 Å². The van der Waals surface area contributed by atoms with Gasteiger partial charge in [-0.2, -0.15) is 0 Å². The van der Waals surface area contributed by atoms with Gasteiger partial charge in [-0.25, -0.2) is 4.79 Å². The lowest BCUT2D eigenvalue weighted by atomic mass is 9.83. The molecule has 1 fully saturated rings. The molecule has 0 spiro atoms. The summed E-state index contributed by atoms with van der Waals surface area (Å²) >= 11 is 0. The fourth-order valence-corrected chi connectivity index (χ4v) is 4.53. The Labute approximate surface area is 160 Å². The zero-order valence-electron chi connectivity index (χ0n) is 15.9. The van der Waals surface area contributed by atoms with Gasteiger partial charge in [0.1, 0.15) is 11.4 Å². The second-order valence-corrected chi connectivity index (χ2v) is 7.78. The summed E-state index contributed by atoms with van der Waals surface area (Å²) < 4.78 is 3.85. The summed E-state index contributed by atoms with van der Waals surface area (Å²) in [5.74, 6) is -0.0414. The van der Waals surface area contributed by atoms with E-state index in [-0.39, 0.29) is 41.1 Å². The zero-order chi connectivity index (χ0) is 20.2. The third-order valence-electron chi connectivity index (χ3n) is 5.91. The minimum atomic E-state index is -0.667. The predicted octanol–water partition coefficient (Wildman–Crippen LogP) is -0.870. The second kappa shape index (κ2) is 6.59. The van der Waals surface area contributed by atoms with E-state index in [4.69, 9.17) is 5.73 Å². The smallest absolute Gasteiger partial charge is 0.332 e. The highest BCUT2D eigenvalue weighted by molar-refractivity contribution is 6.01. The molecule has 9 heteroatoms. The van der Waals surface area contributed by atoms with Gasteiger partial charge in [-0.3, -0.25) is 28.4 Å². The van der Waals surface area contributed by atoms with Crippen LogP contribution in [0, 0.1) is 5.92 Å². The van der Waals surface area contributed by atoms with Gasteiger partial charge in [-0.05, 0) is 18.4 Å². The Hall–Kier alpha value is -2.94. The molecule has 148 valence electrons. The highest BCUT2D eigenvalue weighted by atomic mass is 16.2. The van der Waals surface area contributed by atoms with Gasteiger partial charge in [0.2, 0.25) is 0 Å². The lowest BCUT2D eigenvalue weighted by molar-refractivity contribution is 0.0816. The highest BCUT2D eigenvalue weighted by Crippen LogP contribution is 2.34. The van der Waals surface area contributed by atoms with Gasteiger partial charge in [-0.1, -0.05) is 6.07 Å². The Morgan fingerprint density at radius 1 is 1.11 bits per heavy atom. The molecule has 4 rings (SSSR count). The van der Waals surface area contributed by atoms with Crippen LogP contribution in [-0.4, -0.2) is 44.0 Å². The summed E-state index contributed by atoms with van der Waals surface area (Å²) in [6, 6.07) is 5.31. The molecule has 4 heterocycles. The Bertz CT molecular complexity index is 1140. The van der Waals surface area contributed by atoms with E-state index in [0.717, 1.165) is 21.2 Å². The van der Waals surface area contributed by atoms with Crippen molar-refractivity contribution in [3.8, 4) is 0 Å². The number of rotatable bonds is 3. The molecule has 28 heavy (non-hydrogen) atoms. The molecule has 0 saturated carbocycles. The van der Waals surface area contributed by atoms with Crippen LogP contribution in [0.3, 0.4) is 0 Å². The number of carbonyl (C=O) groups is 1. The zero-order valence-corrected chi connectivity index (χ0v) is 15.9. The maximum Gasteiger partial charge on any atom is 0.332 e. The summed E-state index contributed by atoms with van der Waals surface area (Å²) in [4.78, 5) is 51.4. The summed E-state index contributed by atoms with van der Waals surface area (Å²) in [6.07, 6.45) is 0.984. The lowest BCUT2D eigenvalue weighted by Gasteiger charge is -2.42. The van der Waals surface area contributed by atoms with Gasteiger partial charge in [0.25, 0.3) is 11.1 Å². The van der Waals surface area contributed by atoms with Crippen molar-refractivity contribution in [2.24, 2.45) is 20.0 Å². The van der Waals surface area contributed by atoms with Crippen LogP contribution in [-0.2, 0) is 20.6 Å². The van der Waals surface area contributed by atoms with Crippen molar-refractivity contribution in [3.63, 3.8) is 0 Å². The molecule has 2 atom stereocenters. The van der Waals surface area contributed by atoms with Crippen LogP contribution >= 0.6 is 0 Å². The normalized spacial score (nSPS) is 21.4. The number of aromatic nitrogens is 3. The molecule has 2 aliphatic heterocycles. The van der Waals surface area contributed by atoms with Gasteiger partial charge >= 0.3 is 5.69 Å². The number of fused-ring (bicyclic) bond motifs is 4. The Morgan fingerprint density at radius 2 is 1.86 bits per heavy atom. The van der Waals surface area contributed by atoms with E-state index in [0.29, 0.717) is 19.6 Å². The van der Waals surface area contributed by atoms with E-state index >= 15 is 0 Å². The number of Topliss-reactive ketones (excluding diaryl/α,β-unsaturated/α-hetero) is 1. The van der Waals surface area contributed by atoms with Crippen LogP contribution in [0.25, 0.3) is 0 Å². The van der Waals surface area contributed by atoms with E-state index in [2.05, 4.69) is 0 Å². The number of nitrogens with zero attached hydrogens (tertiary/aromatic N) is 4. The number of nitrogen functional groups attached to an aromatic ring is 1. The molecular weight excluding hydrogens is 362 g/mol. The van der Waals surface area contributed by atoms with Crippen LogP contribution in [0.15, 0.2) is 32.6 Å². The van der Waals surface area contributed by atoms with E-state index in [9.17, 15) is 19.2 Å². The molecular formula is C19H23N5O4. The maximum absolute atomic E-state index is 12.9.